The lowest BCUT2D eigenvalue weighted by atomic mass is 9.87. The molecule has 1 aliphatic rings. The average Bonchev–Trinajstić information content (AvgIpc) is 2.79. The first-order valence-electron chi connectivity index (χ1n) is 10.7. The van der Waals surface area contributed by atoms with E-state index < -0.39 is 0 Å². The molecule has 0 radical (unpaired) electrons. The number of carbonyl (C=O) groups excluding carboxylic acids is 2. The Kier molecular flexibility index (Phi) is 7.63. The lowest BCUT2D eigenvalue weighted by molar-refractivity contribution is -0.145. The van der Waals surface area contributed by atoms with Gasteiger partial charge in [0.2, 0.25) is 11.8 Å². The van der Waals surface area contributed by atoms with Crippen LogP contribution in [0.1, 0.15) is 42.5 Å². The summed E-state index contributed by atoms with van der Waals surface area (Å²) < 4.78 is 5.11. The van der Waals surface area contributed by atoms with Gasteiger partial charge < -0.3 is 14.5 Å². The molecule has 0 aliphatic carbocycles. The number of ether oxygens (including phenoxy) is 1. The Bertz CT molecular complexity index is 835. The summed E-state index contributed by atoms with van der Waals surface area (Å²) >= 11 is 0. The third-order valence-corrected chi connectivity index (χ3v) is 5.93. The van der Waals surface area contributed by atoms with Crippen LogP contribution in [-0.2, 0) is 27.3 Å². The fourth-order valence-corrected chi connectivity index (χ4v) is 4.22. The minimum atomic E-state index is -0.189. The van der Waals surface area contributed by atoms with Crippen LogP contribution < -0.4 is 0 Å². The summed E-state index contributed by atoms with van der Waals surface area (Å²) in [6, 6.07) is 18.4. The second kappa shape index (κ2) is 10.4. The molecule has 0 aromatic heterocycles. The van der Waals surface area contributed by atoms with Gasteiger partial charge in [0.15, 0.2) is 0 Å². The van der Waals surface area contributed by atoms with Crippen molar-refractivity contribution in [2.75, 3.05) is 27.3 Å². The van der Waals surface area contributed by atoms with E-state index in [9.17, 15) is 9.59 Å². The van der Waals surface area contributed by atoms with Crippen molar-refractivity contribution in [1.82, 2.24) is 9.80 Å². The third kappa shape index (κ3) is 5.28. The largest absolute Gasteiger partial charge is 0.375 e. The number of aryl methyl sites for hydroxylation is 1. The molecule has 0 N–H and O–H groups in total. The number of hydrogen-bond acceptors (Lipinski definition) is 3. The van der Waals surface area contributed by atoms with Gasteiger partial charge in [0.1, 0.15) is 6.61 Å². The van der Waals surface area contributed by atoms with E-state index in [1.807, 2.05) is 42.3 Å². The Balaban J connectivity index is 1.73. The summed E-state index contributed by atoms with van der Waals surface area (Å²) in [6.45, 7) is 3.17. The van der Waals surface area contributed by atoms with Gasteiger partial charge in [-0.05, 0) is 36.0 Å². The first kappa shape index (κ1) is 22.0. The molecule has 0 saturated carbocycles. The zero-order chi connectivity index (χ0) is 21.5. The fourth-order valence-electron chi connectivity index (χ4n) is 4.22. The number of methoxy groups -OCH3 is 1. The van der Waals surface area contributed by atoms with Gasteiger partial charge >= 0.3 is 0 Å². The zero-order valence-corrected chi connectivity index (χ0v) is 18.2. The van der Waals surface area contributed by atoms with E-state index >= 15 is 0 Å². The first-order chi connectivity index (χ1) is 14.5. The van der Waals surface area contributed by atoms with Gasteiger partial charge in [-0.2, -0.15) is 0 Å². The van der Waals surface area contributed by atoms with Gasteiger partial charge in [0.25, 0.3) is 0 Å². The predicted molar refractivity (Wildman–Crippen MR) is 118 cm³/mol. The highest BCUT2D eigenvalue weighted by Gasteiger charge is 2.36. The Hall–Kier alpha value is -2.66. The van der Waals surface area contributed by atoms with Crippen molar-refractivity contribution < 1.29 is 14.3 Å². The standard InChI is InChI=1S/C25H32N2O3/c1-4-19-10-12-21(13-11-19)23-15-14-22(17-27(23)24(28)18-30-3)25(29)26(2)16-20-8-6-5-7-9-20/h5-13,22-23H,4,14-18H2,1-3H3/t22-,23-/m0/s1. The Morgan fingerprint density at radius 3 is 2.37 bits per heavy atom. The monoisotopic (exact) mass is 408 g/mol. The van der Waals surface area contributed by atoms with Crippen molar-refractivity contribution in [3.8, 4) is 0 Å². The number of nitrogens with zero attached hydrogens (tertiary/aromatic N) is 2. The predicted octanol–water partition coefficient (Wildman–Crippen LogP) is 3.83. The number of benzene rings is 2. The molecule has 5 nitrogen and oxygen atoms in total. The number of piperidine rings is 1. The molecule has 1 aliphatic heterocycles. The summed E-state index contributed by atoms with van der Waals surface area (Å²) in [5, 5.41) is 0. The molecule has 1 saturated heterocycles. The number of likely N-dealkylation sites (tertiary alicyclic amines) is 1. The van der Waals surface area contributed by atoms with Crippen LogP contribution in [0.15, 0.2) is 54.6 Å². The third-order valence-electron chi connectivity index (χ3n) is 5.93. The summed E-state index contributed by atoms with van der Waals surface area (Å²) in [4.78, 5) is 29.5. The van der Waals surface area contributed by atoms with Gasteiger partial charge in [-0.25, -0.2) is 0 Å². The molecule has 2 aromatic rings. The summed E-state index contributed by atoms with van der Waals surface area (Å²) in [5.74, 6) is -0.162. The zero-order valence-electron chi connectivity index (χ0n) is 18.2. The highest BCUT2D eigenvalue weighted by Crippen LogP contribution is 2.34. The van der Waals surface area contributed by atoms with E-state index in [1.165, 1.54) is 12.7 Å². The summed E-state index contributed by atoms with van der Waals surface area (Å²) in [6.07, 6.45) is 2.53. The van der Waals surface area contributed by atoms with Crippen LogP contribution in [0.4, 0.5) is 0 Å². The van der Waals surface area contributed by atoms with Gasteiger partial charge in [-0.15, -0.1) is 0 Å². The van der Waals surface area contributed by atoms with E-state index in [0.29, 0.717) is 13.1 Å². The molecular weight excluding hydrogens is 376 g/mol. The molecule has 0 spiro atoms. The van der Waals surface area contributed by atoms with Crippen molar-refractivity contribution in [2.45, 2.75) is 38.8 Å². The molecule has 2 amide bonds. The molecule has 30 heavy (non-hydrogen) atoms. The van der Waals surface area contributed by atoms with Crippen molar-refractivity contribution in [3.63, 3.8) is 0 Å². The van der Waals surface area contributed by atoms with Gasteiger partial charge in [0, 0.05) is 27.2 Å². The van der Waals surface area contributed by atoms with Crippen LogP contribution in [0.5, 0.6) is 0 Å². The second-order valence-corrected chi connectivity index (χ2v) is 8.04. The highest BCUT2D eigenvalue weighted by molar-refractivity contribution is 5.82. The second-order valence-electron chi connectivity index (χ2n) is 8.04. The maximum absolute atomic E-state index is 13.1. The SMILES string of the molecule is CCc1ccc([C@@H]2CC[C@H](C(=O)N(C)Cc3ccccc3)CN2C(=O)COC)cc1. The lowest BCUT2D eigenvalue weighted by Crippen LogP contribution is -2.48. The van der Waals surface area contributed by atoms with E-state index in [2.05, 4.69) is 31.2 Å². The summed E-state index contributed by atoms with van der Waals surface area (Å²) in [5.41, 5.74) is 3.51. The molecule has 0 unspecified atom stereocenters. The molecule has 160 valence electrons. The van der Waals surface area contributed by atoms with Crippen LogP contribution in [-0.4, -0.2) is 48.9 Å². The van der Waals surface area contributed by atoms with Crippen molar-refractivity contribution in [3.05, 3.63) is 71.3 Å². The molecule has 5 heteroatoms. The Labute approximate surface area is 179 Å². The van der Waals surface area contributed by atoms with Crippen LogP contribution in [0.3, 0.4) is 0 Å². The van der Waals surface area contributed by atoms with Crippen molar-refractivity contribution >= 4 is 11.8 Å². The molecule has 3 rings (SSSR count). The lowest BCUT2D eigenvalue weighted by Gasteiger charge is -2.40. The summed E-state index contributed by atoms with van der Waals surface area (Å²) in [7, 11) is 3.37. The maximum atomic E-state index is 13.1. The van der Waals surface area contributed by atoms with Crippen LogP contribution in [0.25, 0.3) is 0 Å². The van der Waals surface area contributed by atoms with Gasteiger partial charge in [-0.1, -0.05) is 61.5 Å². The molecule has 0 bridgehead atoms. The minimum Gasteiger partial charge on any atom is -0.375 e. The average molecular weight is 409 g/mol. The van der Waals surface area contributed by atoms with Crippen molar-refractivity contribution in [1.29, 1.82) is 0 Å². The Morgan fingerprint density at radius 1 is 1.03 bits per heavy atom. The number of amides is 2. The number of carbonyl (C=O) groups is 2. The highest BCUT2D eigenvalue weighted by atomic mass is 16.5. The Morgan fingerprint density at radius 2 is 1.73 bits per heavy atom. The molecular formula is C25H32N2O3. The normalized spacial score (nSPS) is 18.8. The van der Waals surface area contributed by atoms with Crippen LogP contribution >= 0.6 is 0 Å². The number of rotatable bonds is 7. The smallest absolute Gasteiger partial charge is 0.249 e. The minimum absolute atomic E-state index is 0.0120. The fraction of sp³-hybridized carbons (Fsp3) is 0.440. The van der Waals surface area contributed by atoms with E-state index in [4.69, 9.17) is 4.74 Å². The van der Waals surface area contributed by atoms with Gasteiger partial charge in [-0.3, -0.25) is 9.59 Å². The molecule has 1 heterocycles. The molecule has 2 aromatic carbocycles. The van der Waals surface area contributed by atoms with Crippen LogP contribution in [0.2, 0.25) is 0 Å². The van der Waals surface area contributed by atoms with Gasteiger partial charge in [0.05, 0.1) is 12.0 Å². The number of hydrogen-bond donors (Lipinski definition) is 0. The van der Waals surface area contributed by atoms with E-state index in [0.717, 1.165) is 30.4 Å². The van der Waals surface area contributed by atoms with Crippen LogP contribution in [0, 0.1) is 5.92 Å². The van der Waals surface area contributed by atoms with Crippen molar-refractivity contribution in [2.24, 2.45) is 5.92 Å². The molecule has 1 fully saturated rings. The first-order valence-corrected chi connectivity index (χ1v) is 10.7. The molecule has 2 atom stereocenters. The van der Waals surface area contributed by atoms with E-state index in [-0.39, 0.29) is 30.4 Å². The van der Waals surface area contributed by atoms with E-state index in [1.54, 1.807) is 4.90 Å². The maximum Gasteiger partial charge on any atom is 0.249 e. The quantitative estimate of drug-likeness (QED) is 0.700. The topological polar surface area (TPSA) is 49.9 Å².